The number of nitrogens with one attached hydrogen (secondary N) is 1. The third-order valence-electron chi connectivity index (χ3n) is 3.39. The van der Waals surface area contributed by atoms with Gasteiger partial charge in [0.1, 0.15) is 4.83 Å². The number of benzene rings is 1. The second-order valence-corrected chi connectivity index (χ2v) is 7.95. The average Bonchev–Trinajstić information content (AvgIpc) is 2.68. The first-order chi connectivity index (χ1) is 9.91. The summed E-state index contributed by atoms with van der Waals surface area (Å²) in [5, 5.41) is 0.703. The van der Waals surface area contributed by atoms with E-state index >= 15 is 0 Å². The fourth-order valence-corrected chi connectivity index (χ4v) is 4.98. The van der Waals surface area contributed by atoms with Crippen LogP contribution < -0.4 is 5.56 Å². The molecule has 0 aliphatic heterocycles. The quantitative estimate of drug-likeness (QED) is 0.519. The van der Waals surface area contributed by atoms with Crippen LogP contribution in [0.4, 0.5) is 0 Å². The van der Waals surface area contributed by atoms with Crippen molar-refractivity contribution in [3.63, 3.8) is 0 Å². The van der Waals surface area contributed by atoms with E-state index in [1.54, 1.807) is 11.3 Å². The molecule has 0 radical (unpaired) electrons. The van der Waals surface area contributed by atoms with Gasteiger partial charge in [0.05, 0.1) is 11.1 Å². The van der Waals surface area contributed by atoms with Crippen LogP contribution in [0.25, 0.3) is 15.9 Å². The number of aromatic nitrogens is 2. The Hall–Kier alpha value is -0.760. The number of aromatic amines is 1. The lowest BCUT2D eigenvalue weighted by Gasteiger charge is -2.11. The zero-order chi connectivity index (χ0) is 15.3. The summed E-state index contributed by atoms with van der Waals surface area (Å²) in [7, 11) is 0. The predicted octanol–water partition coefficient (Wildman–Crippen LogP) is 5.25. The molecule has 3 rings (SSSR count). The molecule has 0 aliphatic carbocycles. The van der Waals surface area contributed by atoms with Crippen molar-refractivity contribution >= 4 is 65.6 Å². The molecule has 0 fully saturated rings. The van der Waals surface area contributed by atoms with Gasteiger partial charge in [-0.25, -0.2) is 0 Å². The molecule has 2 aromatic heterocycles. The van der Waals surface area contributed by atoms with Gasteiger partial charge in [-0.1, -0.05) is 6.07 Å². The second-order valence-electron chi connectivity index (χ2n) is 4.63. The van der Waals surface area contributed by atoms with Crippen LogP contribution in [0.15, 0.2) is 31.9 Å². The van der Waals surface area contributed by atoms with Gasteiger partial charge < -0.3 is 4.98 Å². The number of para-hydroxylation sites is 1. The monoisotopic (exact) mass is 444 g/mol. The fourth-order valence-electron chi connectivity index (χ4n) is 2.24. The molecule has 0 spiro atoms. The first kappa shape index (κ1) is 15.1. The van der Waals surface area contributed by atoms with Gasteiger partial charge in [0.2, 0.25) is 0 Å². The SMILES string of the molecule is Cc1sc2[nH]c(=S)n(-c3c(Br)cccc3Br)c(=O)c2c1C. The van der Waals surface area contributed by atoms with E-state index in [0.29, 0.717) is 15.8 Å². The van der Waals surface area contributed by atoms with Gasteiger partial charge in [0.15, 0.2) is 4.77 Å². The molecule has 3 nitrogen and oxygen atoms in total. The van der Waals surface area contributed by atoms with Crippen LogP contribution >= 0.6 is 55.4 Å². The molecule has 0 aliphatic rings. The van der Waals surface area contributed by atoms with Crippen molar-refractivity contribution in [1.29, 1.82) is 0 Å². The Morgan fingerprint density at radius 2 is 1.86 bits per heavy atom. The number of H-pyrrole nitrogens is 1. The smallest absolute Gasteiger partial charge is 0.267 e. The Morgan fingerprint density at radius 3 is 2.48 bits per heavy atom. The lowest BCUT2D eigenvalue weighted by molar-refractivity contribution is 0.932. The highest BCUT2D eigenvalue weighted by Gasteiger charge is 2.16. The first-order valence-electron chi connectivity index (χ1n) is 6.11. The van der Waals surface area contributed by atoms with E-state index < -0.39 is 0 Å². The zero-order valence-corrected chi connectivity index (χ0v) is 16.0. The number of fused-ring (bicyclic) bond motifs is 1. The lowest BCUT2D eigenvalue weighted by atomic mass is 10.2. The summed E-state index contributed by atoms with van der Waals surface area (Å²) in [6.45, 7) is 3.97. The fraction of sp³-hybridized carbons (Fsp3) is 0.143. The van der Waals surface area contributed by atoms with Gasteiger partial charge in [-0.3, -0.25) is 9.36 Å². The van der Waals surface area contributed by atoms with Crippen LogP contribution in [-0.4, -0.2) is 9.55 Å². The van der Waals surface area contributed by atoms with E-state index in [2.05, 4.69) is 36.8 Å². The molecule has 0 saturated carbocycles. The number of halogens is 2. The highest BCUT2D eigenvalue weighted by Crippen LogP contribution is 2.30. The number of thiophene rings is 1. The van der Waals surface area contributed by atoms with Crippen molar-refractivity contribution < 1.29 is 0 Å². The van der Waals surface area contributed by atoms with Crippen molar-refractivity contribution in [3.8, 4) is 5.69 Å². The number of aryl methyl sites for hydroxylation is 2. The molecule has 1 N–H and O–H groups in total. The van der Waals surface area contributed by atoms with Gasteiger partial charge in [-0.05, 0) is 75.6 Å². The minimum atomic E-state index is -0.0943. The summed E-state index contributed by atoms with van der Waals surface area (Å²) in [4.78, 5) is 18.1. The predicted molar refractivity (Wildman–Crippen MR) is 97.5 cm³/mol. The largest absolute Gasteiger partial charge is 0.323 e. The van der Waals surface area contributed by atoms with Crippen LogP contribution in [0.1, 0.15) is 10.4 Å². The Balaban J connectivity index is 2.53. The summed E-state index contributed by atoms with van der Waals surface area (Å²) in [6, 6.07) is 5.67. The van der Waals surface area contributed by atoms with Crippen LogP contribution in [0.5, 0.6) is 0 Å². The van der Waals surface area contributed by atoms with Crippen molar-refractivity contribution in [2.75, 3.05) is 0 Å². The van der Waals surface area contributed by atoms with E-state index in [1.807, 2.05) is 32.0 Å². The number of hydrogen-bond donors (Lipinski definition) is 1. The van der Waals surface area contributed by atoms with E-state index in [4.69, 9.17) is 12.2 Å². The molecule has 0 amide bonds. The number of hydrogen-bond acceptors (Lipinski definition) is 3. The molecule has 0 bridgehead atoms. The van der Waals surface area contributed by atoms with Crippen LogP contribution in [0.3, 0.4) is 0 Å². The molecule has 2 heterocycles. The normalized spacial score (nSPS) is 11.2. The maximum atomic E-state index is 12.9. The summed E-state index contributed by atoms with van der Waals surface area (Å²) in [6.07, 6.45) is 0. The molecule has 21 heavy (non-hydrogen) atoms. The Morgan fingerprint density at radius 1 is 1.24 bits per heavy atom. The second kappa shape index (κ2) is 5.46. The number of rotatable bonds is 1. The molecule has 3 aromatic rings. The maximum Gasteiger partial charge on any atom is 0.267 e. The average molecular weight is 446 g/mol. The van der Waals surface area contributed by atoms with Crippen molar-refractivity contribution in [1.82, 2.24) is 9.55 Å². The summed E-state index contributed by atoms with van der Waals surface area (Å²) in [5.41, 5.74) is 1.63. The van der Waals surface area contributed by atoms with Gasteiger partial charge in [-0.2, -0.15) is 0 Å². The highest BCUT2D eigenvalue weighted by molar-refractivity contribution is 9.11. The van der Waals surface area contributed by atoms with E-state index in [0.717, 1.165) is 24.2 Å². The topological polar surface area (TPSA) is 37.8 Å². The van der Waals surface area contributed by atoms with E-state index in [1.165, 1.54) is 4.57 Å². The Kier molecular flexibility index (Phi) is 3.94. The summed E-state index contributed by atoms with van der Waals surface area (Å²) >= 11 is 13.9. The maximum absolute atomic E-state index is 12.9. The molecule has 7 heteroatoms. The zero-order valence-electron chi connectivity index (χ0n) is 11.2. The third kappa shape index (κ3) is 2.36. The molecular formula is C14H10Br2N2OS2. The molecule has 1 aromatic carbocycles. The first-order valence-corrected chi connectivity index (χ1v) is 8.92. The number of nitrogens with zero attached hydrogens (tertiary/aromatic N) is 1. The lowest BCUT2D eigenvalue weighted by Crippen LogP contribution is -2.21. The minimum Gasteiger partial charge on any atom is -0.323 e. The minimum absolute atomic E-state index is 0.0943. The molecule has 0 unspecified atom stereocenters. The Labute approximate surface area is 146 Å². The Bertz CT molecular complexity index is 965. The molecular weight excluding hydrogens is 436 g/mol. The van der Waals surface area contributed by atoms with Gasteiger partial charge >= 0.3 is 0 Å². The summed E-state index contributed by atoms with van der Waals surface area (Å²) in [5.74, 6) is 0. The highest BCUT2D eigenvalue weighted by atomic mass is 79.9. The molecule has 108 valence electrons. The van der Waals surface area contributed by atoms with Crippen LogP contribution in [-0.2, 0) is 0 Å². The van der Waals surface area contributed by atoms with Gasteiger partial charge in [-0.15, -0.1) is 11.3 Å². The summed E-state index contributed by atoms with van der Waals surface area (Å²) < 4.78 is 3.54. The molecule has 0 atom stereocenters. The van der Waals surface area contributed by atoms with Crippen molar-refractivity contribution in [2.45, 2.75) is 13.8 Å². The third-order valence-corrected chi connectivity index (χ3v) is 6.07. The van der Waals surface area contributed by atoms with Crippen LogP contribution in [0.2, 0.25) is 0 Å². The van der Waals surface area contributed by atoms with Crippen molar-refractivity contribution in [3.05, 3.63) is 52.7 Å². The van der Waals surface area contributed by atoms with Crippen LogP contribution in [0, 0.1) is 18.6 Å². The molecule has 0 saturated heterocycles. The van der Waals surface area contributed by atoms with Gasteiger partial charge in [0.25, 0.3) is 5.56 Å². The van der Waals surface area contributed by atoms with E-state index in [9.17, 15) is 4.79 Å². The van der Waals surface area contributed by atoms with Crippen molar-refractivity contribution in [2.24, 2.45) is 0 Å². The van der Waals surface area contributed by atoms with Gasteiger partial charge in [0, 0.05) is 13.8 Å². The standard InChI is InChI=1S/C14H10Br2N2OS2/c1-6-7(2)21-12-10(6)13(19)18(14(20)17-12)11-8(15)4-3-5-9(11)16/h3-5H,1-2H3,(H,17,20). The van der Waals surface area contributed by atoms with E-state index in [-0.39, 0.29) is 5.56 Å².